The summed E-state index contributed by atoms with van der Waals surface area (Å²) in [4.78, 5) is 22.3. The van der Waals surface area contributed by atoms with Crippen molar-refractivity contribution in [3.05, 3.63) is 27.7 Å². The van der Waals surface area contributed by atoms with Gasteiger partial charge in [0.1, 0.15) is 5.75 Å². The molecule has 1 aromatic rings. The number of amides is 1. The molecule has 0 saturated heterocycles. The number of benzene rings is 1. The third-order valence-electron chi connectivity index (χ3n) is 2.94. The Bertz CT molecular complexity index is 608. The van der Waals surface area contributed by atoms with Crippen molar-refractivity contribution in [2.24, 2.45) is 5.73 Å². The number of carboxylic acid groups (broad SMARTS) is 1. The number of ether oxygens (including phenoxy) is 1. The van der Waals surface area contributed by atoms with Crippen molar-refractivity contribution in [3.63, 3.8) is 0 Å². The predicted octanol–water partition coefficient (Wildman–Crippen LogP) is 1.89. The van der Waals surface area contributed by atoms with Crippen LogP contribution < -0.4 is 10.5 Å². The van der Waals surface area contributed by atoms with Gasteiger partial charge in [-0.3, -0.25) is 4.79 Å². The average Bonchev–Trinajstić information content (AvgIpc) is 3.17. The van der Waals surface area contributed by atoms with Crippen molar-refractivity contribution in [1.29, 1.82) is 0 Å². The van der Waals surface area contributed by atoms with Crippen molar-refractivity contribution in [1.82, 2.24) is 0 Å². The highest BCUT2D eigenvalue weighted by molar-refractivity contribution is 7.93. The molecule has 1 aliphatic rings. The summed E-state index contributed by atoms with van der Waals surface area (Å²) in [6, 6.07) is 2.77. The zero-order valence-corrected chi connectivity index (χ0v) is 13.6. The Hall–Kier alpha value is -1.15. The van der Waals surface area contributed by atoms with Gasteiger partial charge in [-0.25, -0.2) is 4.79 Å². The highest BCUT2D eigenvalue weighted by Gasteiger charge is 2.35. The van der Waals surface area contributed by atoms with Crippen LogP contribution in [0.3, 0.4) is 0 Å². The van der Waals surface area contributed by atoms with Crippen LogP contribution in [-0.4, -0.2) is 33.4 Å². The van der Waals surface area contributed by atoms with E-state index in [-0.39, 0.29) is 21.7 Å². The molecule has 0 aliphatic heterocycles. The Morgan fingerprint density at radius 2 is 2.05 bits per heavy atom. The van der Waals surface area contributed by atoms with Gasteiger partial charge < -0.3 is 20.1 Å². The van der Waals surface area contributed by atoms with E-state index in [9.17, 15) is 14.1 Å². The van der Waals surface area contributed by atoms with Crippen LogP contribution in [0, 0.1) is 0 Å². The first kappa shape index (κ1) is 17.2. The van der Waals surface area contributed by atoms with E-state index in [2.05, 4.69) is 0 Å². The summed E-state index contributed by atoms with van der Waals surface area (Å²) in [5.41, 5.74) is 5.41. The van der Waals surface area contributed by atoms with Gasteiger partial charge in [0.05, 0.1) is 16.1 Å². The molecule has 1 aromatic carbocycles. The van der Waals surface area contributed by atoms with Crippen LogP contribution in [-0.2, 0) is 20.8 Å². The standard InChI is InChI=1S/C13H13Cl2NO5S/c14-8-4-9(15)10(21-6-1-2-6)3-7(8)12(13(16)19)22(20)5-11(17)18/h3-4,6,12H,1-2,5H2,(H2,16,19)(H,17,18). The number of primary amides is 1. The molecule has 2 atom stereocenters. The Labute approximate surface area is 139 Å². The van der Waals surface area contributed by atoms with Crippen molar-refractivity contribution in [3.8, 4) is 5.75 Å². The number of hydrogen-bond donors (Lipinski definition) is 2. The van der Waals surface area contributed by atoms with E-state index in [4.69, 9.17) is 38.8 Å². The van der Waals surface area contributed by atoms with Gasteiger partial charge in [-0.1, -0.05) is 23.2 Å². The van der Waals surface area contributed by atoms with Gasteiger partial charge in [0.2, 0.25) is 11.0 Å². The van der Waals surface area contributed by atoms with Crippen LogP contribution in [0.4, 0.5) is 0 Å². The molecule has 0 heterocycles. The van der Waals surface area contributed by atoms with E-state index >= 15 is 0 Å². The second kappa shape index (κ2) is 6.95. The summed E-state index contributed by atoms with van der Waals surface area (Å²) in [5.74, 6) is -2.64. The number of aliphatic carboxylic acids is 1. The maximum Gasteiger partial charge on any atom is 0.353 e. The van der Waals surface area contributed by atoms with E-state index in [1.807, 2.05) is 0 Å². The Balaban J connectivity index is 2.36. The highest BCUT2D eigenvalue weighted by Crippen LogP contribution is 2.39. The van der Waals surface area contributed by atoms with Gasteiger partial charge in [0, 0.05) is 5.56 Å². The molecule has 0 bridgehead atoms. The van der Waals surface area contributed by atoms with Gasteiger partial charge in [0.15, 0.2) is 0 Å². The number of halogens is 2. The summed E-state index contributed by atoms with van der Waals surface area (Å²) in [6.07, 6.45) is 1.86. The Morgan fingerprint density at radius 1 is 1.41 bits per heavy atom. The molecule has 120 valence electrons. The SMILES string of the molecule is NC(=O)C(c1cc(OC2CC2)c(Cl)cc1Cl)[S+]([O-])CC(=O)O. The second-order valence-corrected chi connectivity index (χ2v) is 7.16. The molecule has 0 spiro atoms. The molecule has 0 radical (unpaired) electrons. The van der Waals surface area contributed by atoms with Gasteiger partial charge in [0.25, 0.3) is 5.91 Å². The summed E-state index contributed by atoms with van der Waals surface area (Å²) in [6.45, 7) is 0. The molecule has 2 rings (SSSR count). The first-order valence-electron chi connectivity index (χ1n) is 6.33. The summed E-state index contributed by atoms with van der Waals surface area (Å²) < 4.78 is 17.7. The normalized spacial score (nSPS) is 16.9. The molecular formula is C13H13Cl2NO5S. The molecular weight excluding hydrogens is 353 g/mol. The highest BCUT2D eigenvalue weighted by atomic mass is 35.5. The predicted molar refractivity (Wildman–Crippen MR) is 82.7 cm³/mol. The minimum absolute atomic E-state index is 0.0584. The molecule has 2 unspecified atom stereocenters. The summed E-state index contributed by atoms with van der Waals surface area (Å²) in [7, 11) is 0. The molecule has 1 fully saturated rings. The van der Waals surface area contributed by atoms with Crippen molar-refractivity contribution in [2.45, 2.75) is 24.2 Å². The zero-order valence-electron chi connectivity index (χ0n) is 11.3. The number of rotatable bonds is 7. The zero-order chi connectivity index (χ0) is 16.4. The summed E-state index contributed by atoms with van der Waals surface area (Å²) >= 11 is 10.0. The molecule has 0 aromatic heterocycles. The van der Waals surface area contributed by atoms with Gasteiger partial charge >= 0.3 is 5.97 Å². The van der Waals surface area contributed by atoms with Crippen molar-refractivity contribution >= 4 is 46.3 Å². The maximum atomic E-state index is 12.1. The third-order valence-corrected chi connectivity index (χ3v) is 5.10. The maximum absolute atomic E-state index is 12.1. The molecule has 22 heavy (non-hydrogen) atoms. The van der Waals surface area contributed by atoms with Gasteiger partial charge in [-0.05, 0) is 36.2 Å². The van der Waals surface area contributed by atoms with E-state index in [1.54, 1.807) is 0 Å². The van der Waals surface area contributed by atoms with E-state index in [0.717, 1.165) is 12.8 Å². The van der Waals surface area contributed by atoms with Crippen LogP contribution in [0.5, 0.6) is 5.75 Å². The molecule has 3 N–H and O–H groups in total. The quantitative estimate of drug-likeness (QED) is 0.716. The number of carbonyl (C=O) groups excluding carboxylic acids is 1. The number of nitrogens with two attached hydrogens (primary N) is 1. The van der Waals surface area contributed by atoms with Gasteiger partial charge in [-0.15, -0.1) is 0 Å². The van der Waals surface area contributed by atoms with Crippen LogP contribution in [0.1, 0.15) is 23.7 Å². The van der Waals surface area contributed by atoms with Crippen LogP contribution in [0.25, 0.3) is 0 Å². The largest absolute Gasteiger partial charge is 0.615 e. The van der Waals surface area contributed by atoms with Gasteiger partial charge in [-0.2, -0.15) is 0 Å². The number of hydrogen-bond acceptors (Lipinski definition) is 4. The molecule has 1 aliphatic carbocycles. The first-order chi connectivity index (χ1) is 10.3. The lowest BCUT2D eigenvalue weighted by Crippen LogP contribution is -2.32. The molecule has 6 nitrogen and oxygen atoms in total. The fraction of sp³-hybridized carbons (Fsp3) is 0.385. The smallest absolute Gasteiger partial charge is 0.353 e. The lowest BCUT2D eigenvalue weighted by atomic mass is 10.1. The van der Waals surface area contributed by atoms with Crippen molar-refractivity contribution in [2.75, 3.05) is 5.75 Å². The molecule has 9 heteroatoms. The topological polar surface area (TPSA) is 113 Å². The van der Waals surface area contributed by atoms with Crippen molar-refractivity contribution < 1.29 is 24.0 Å². The Morgan fingerprint density at radius 3 is 2.55 bits per heavy atom. The molecule has 1 saturated carbocycles. The molecule has 1 amide bonds. The summed E-state index contributed by atoms with van der Waals surface area (Å²) in [5, 5.41) is 7.72. The van der Waals surface area contributed by atoms with E-state index in [0.29, 0.717) is 5.75 Å². The number of carbonyl (C=O) groups is 2. The lowest BCUT2D eigenvalue weighted by Gasteiger charge is -2.20. The first-order valence-corrected chi connectivity index (χ1v) is 8.47. The van der Waals surface area contributed by atoms with E-state index in [1.165, 1.54) is 12.1 Å². The van der Waals surface area contributed by atoms with Crippen LogP contribution in [0.15, 0.2) is 12.1 Å². The monoisotopic (exact) mass is 365 g/mol. The van der Waals surface area contributed by atoms with Crippen LogP contribution in [0.2, 0.25) is 10.0 Å². The van der Waals surface area contributed by atoms with Crippen LogP contribution >= 0.6 is 23.2 Å². The number of carboxylic acids is 1. The minimum atomic E-state index is -2.05. The third kappa shape index (κ3) is 4.19. The average molecular weight is 366 g/mol. The second-order valence-electron chi connectivity index (χ2n) is 4.82. The fourth-order valence-corrected chi connectivity index (χ4v) is 3.58. The Kier molecular flexibility index (Phi) is 5.44. The van der Waals surface area contributed by atoms with E-state index < -0.39 is 34.1 Å². The lowest BCUT2D eigenvalue weighted by molar-refractivity contribution is -0.134. The fourth-order valence-electron chi connectivity index (χ4n) is 1.83. The minimum Gasteiger partial charge on any atom is -0.615 e.